The molecule has 7 nitrogen and oxygen atoms in total. The lowest BCUT2D eigenvalue weighted by Crippen LogP contribution is -2.25. The zero-order valence-electron chi connectivity index (χ0n) is 17.3. The van der Waals surface area contributed by atoms with E-state index in [9.17, 15) is 19.5 Å². The molecular formula is C25H23N3O4. The van der Waals surface area contributed by atoms with Crippen LogP contribution in [0.5, 0.6) is 0 Å². The number of hydrogen-bond donors (Lipinski definition) is 3. The highest BCUT2D eigenvalue weighted by Crippen LogP contribution is 2.34. The van der Waals surface area contributed by atoms with E-state index in [-0.39, 0.29) is 11.8 Å². The van der Waals surface area contributed by atoms with Crippen LogP contribution in [0.25, 0.3) is 11.1 Å². The van der Waals surface area contributed by atoms with Crippen LogP contribution >= 0.6 is 0 Å². The molecule has 3 aromatic rings. The number of aliphatic carboxylic acids is 1. The van der Waals surface area contributed by atoms with Gasteiger partial charge in [0.25, 0.3) is 0 Å². The van der Waals surface area contributed by atoms with Crippen LogP contribution in [0.15, 0.2) is 73.1 Å². The molecule has 32 heavy (non-hydrogen) atoms. The molecular weight excluding hydrogens is 406 g/mol. The van der Waals surface area contributed by atoms with Crippen molar-refractivity contribution in [1.82, 2.24) is 4.98 Å². The fourth-order valence-electron chi connectivity index (χ4n) is 4.09. The topological polar surface area (TPSA) is 108 Å². The van der Waals surface area contributed by atoms with Crippen molar-refractivity contribution in [2.45, 2.75) is 19.3 Å². The lowest BCUT2D eigenvalue weighted by Gasteiger charge is -2.14. The van der Waals surface area contributed by atoms with Crippen molar-refractivity contribution in [2.75, 3.05) is 10.6 Å². The van der Waals surface area contributed by atoms with Gasteiger partial charge in [0.15, 0.2) is 5.78 Å². The van der Waals surface area contributed by atoms with Gasteiger partial charge in [0.05, 0.1) is 17.8 Å². The Hall–Kier alpha value is -4.00. The molecule has 2 atom stereocenters. The highest BCUT2D eigenvalue weighted by molar-refractivity contribution is 6.01. The van der Waals surface area contributed by atoms with Gasteiger partial charge in [-0.15, -0.1) is 0 Å². The van der Waals surface area contributed by atoms with Crippen LogP contribution in [0, 0.1) is 11.8 Å². The van der Waals surface area contributed by atoms with Gasteiger partial charge in [0.2, 0.25) is 0 Å². The molecule has 162 valence electrons. The Morgan fingerprint density at radius 2 is 1.44 bits per heavy atom. The molecule has 2 aromatic carbocycles. The van der Waals surface area contributed by atoms with E-state index in [1.54, 1.807) is 48.8 Å². The molecule has 1 aromatic heterocycles. The number of hydrogen-bond acceptors (Lipinski definition) is 4. The molecule has 0 bridgehead atoms. The molecule has 0 spiro atoms. The molecule has 1 aliphatic carbocycles. The van der Waals surface area contributed by atoms with Gasteiger partial charge in [-0.05, 0) is 48.2 Å². The smallest absolute Gasteiger partial charge is 0.323 e. The van der Waals surface area contributed by atoms with Gasteiger partial charge in [0, 0.05) is 23.4 Å². The number of urea groups is 1. The number of carbonyl (C=O) groups excluding carboxylic acids is 2. The summed E-state index contributed by atoms with van der Waals surface area (Å²) in [5.74, 6) is -2.01. The number of carboxylic acid groups (broad SMARTS) is 1. The van der Waals surface area contributed by atoms with Gasteiger partial charge in [0.1, 0.15) is 0 Å². The minimum atomic E-state index is -0.889. The third-order valence-corrected chi connectivity index (χ3v) is 5.73. The minimum absolute atomic E-state index is 0.0966. The molecule has 2 amide bonds. The molecule has 1 fully saturated rings. The van der Waals surface area contributed by atoms with Gasteiger partial charge < -0.3 is 15.7 Å². The summed E-state index contributed by atoms with van der Waals surface area (Å²) in [6.45, 7) is 0. The second kappa shape index (κ2) is 9.43. The van der Waals surface area contributed by atoms with Crippen molar-refractivity contribution in [3.05, 3.63) is 78.6 Å². The largest absolute Gasteiger partial charge is 0.481 e. The number of ketones is 1. The van der Waals surface area contributed by atoms with Gasteiger partial charge >= 0.3 is 12.0 Å². The van der Waals surface area contributed by atoms with Crippen molar-refractivity contribution in [3.8, 4) is 11.1 Å². The van der Waals surface area contributed by atoms with Gasteiger partial charge in [-0.2, -0.15) is 0 Å². The van der Waals surface area contributed by atoms with E-state index in [0.29, 0.717) is 29.8 Å². The third kappa shape index (κ3) is 4.83. The van der Waals surface area contributed by atoms with E-state index in [4.69, 9.17) is 0 Å². The van der Waals surface area contributed by atoms with Crippen LogP contribution in [0.4, 0.5) is 16.2 Å². The zero-order valence-corrected chi connectivity index (χ0v) is 17.3. The summed E-state index contributed by atoms with van der Waals surface area (Å²) >= 11 is 0. The fourth-order valence-corrected chi connectivity index (χ4v) is 4.09. The first-order chi connectivity index (χ1) is 15.5. The molecule has 0 radical (unpaired) electrons. The van der Waals surface area contributed by atoms with Crippen LogP contribution in [0.1, 0.15) is 29.6 Å². The Morgan fingerprint density at radius 1 is 0.812 bits per heavy atom. The summed E-state index contributed by atoms with van der Waals surface area (Å²) in [6, 6.07) is 17.7. The number of carbonyl (C=O) groups is 3. The van der Waals surface area contributed by atoms with E-state index in [2.05, 4.69) is 15.6 Å². The van der Waals surface area contributed by atoms with Gasteiger partial charge in [-0.3, -0.25) is 14.6 Å². The van der Waals surface area contributed by atoms with Crippen LogP contribution in [0.3, 0.4) is 0 Å². The highest BCUT2D eigenvalue weighted by atomic mass is 16.4. The maximum Gasteiger partial charge on any atom is 0.323 e. The van der Waals surface area contributed by atoms with E-state index in [0.717, 1.165) is 17.5 Å². The van der Waals surface area contributed by atoms with Crippen molar-refractivity contribution >= 4 is 29.2 Å². The number of anilines is 2. The van der Waals surface area contributed by atoms with Gasteiger partial charge in [-0.1, -0.05) is 42.8 Å². The zero-order chi connectivity index (χ0) is 22.5. The highest BCUT2D eigenvalue weighted by Gasteiger charge is 2.37. The van der Waals surface area contributed by atoms with Crippen LogP contribution < -0.4 is 10.6 Å². The molecule has 4 rings (SSSR count). The van der Waals surface area contributed by atoms with E-state index >= 15 is 0 Å². The number of Topliss-reactive ketones (excluding diaryl/α,β-unsaturated/α-hetero) is 1. The van der Waals surface area contributed by atoms with E-state index in [1.807, 2.05) is 24.3 Å². The summed E-state index contributed by atoms with van der Waals surface area (Å²) in [7, 11) is 0. The Labute approximate surface area is 185 Å². The average molecular weight is 429 g/mol. The molecule has 0 unspecified atom stereocenters. The SMILES string of the molecule is O=C(Nc1ccc(-c2ccc(C(=O)[C@@H]3CCC[C@H]3C(=O)O)cc2)cc1)Nc1cccnc1. The number of pyridine rings is 1. The fraction of sp³-hybridized carbons (Fsp3) is 0.200. The Balaban J connectivity index is 1.39. The first-order valence-electron chi connectivity index (χ1n) is 10.5. The average Bonchev–Trinajstić information content (AvgIpc) is 3.30. The summed E-state index contributed by atoms with van der Waals surface area (Å²) in [6.07, 6.45) is 5.15. The van der Waals surface area contributed by atoms with Crippen LogP contribution in [0.2, 0.25) is 0 Å². The van der Waals surface area contributed by atoms with Crippen molar-refractivity contribution in [1.29, 1.82) is 0 Å². The molecule has 0 aliphatic heterocycles. The predicted octanol–water partition coefficient (Wildman–Crippen LogP) is 5.08. The summed E-state index contributed by atoms with van der Waals surface area (Å²) < 4.78 is 0. The van der Waals surface area contributed by atoms with Crippen molar-refractivity contribution in [2.24, 2.45) is 11.8 Å². The van der Waals surface area contributed by atoms with E-state index in [1.165, 1.54) is 0 Å². The number of carboxylic acids is 1. The maximum atomic E-state index is 12.8. The van der Waals surface area contributed by atoms with Gasteiger partial charge in [-0.25, -0.2) is 4.79 Å². The number of amides is 2. The van der Waals surface area contributed by atoms with Crippen LogP contribution in [-0.4, -0.2) is 27.9 Å². The molecule has 1 aliphatic rings. The number of nitrogens with one attached hydrogen (secondary N) is 2. The van der Waals surface area contributed by atoms with Crippen molar-refractivity contribution in [3.63, 3.8) is 0 Å². The molecule has 0 saturated heterocycles. The second-order valence-electron chi connectivity index (χ2n) is 7.82. The minimum Gasteiger partial charge on any atom is -0.481 e. The Bertz CT molecular complexity index is 1110. The monoisotopic (exact) mass is 429 g/mol. The number of benzene rings is 2. The molecule has 3 N–H and O–H groups in total. The first-order valence-corrected chi connectivity index (χ1v) is 10.5. The second-order valence-corrected chi connectivity index (χ2v) is 7.82. The molecule has 7 heteroatoms. The van der Waals surface area contributed by atoms with E-state index < -0.39 is 17.8 Å². The standard InChI is InChI=1S/C25H23N3O4/c29-23(21-4-1-5-22(21)24(30)31)18-8-6-16(7-9-18)17-10-12-19(13-11-17)27-25(32)28-20-3-2-14-26-15-20/h2-3,6-15,21-22H,1,4-5H2,(H,30,31)(H2,27,28,32)/t21-,22-/m1/s1. The summed E-state index contributed by atoms with van der Waals surface area (Å²) in [5.41, 5.74) is 3.64. The normalized spacial score (nSPS) is 17.5. The Kier molecular flexibility index (Phi) is 6.26. The number of nitrogens with zero attached hydrogens (tertiary/aromatic N) is 1. The summed E-state index contributed by atoms with van der Waals surface area (Å²) in [5, 5.41) is 14.8. The summed E-state index contributed by atoms with van der Waals surface area (Å²) in [4.78, 5) is 40.2. The maximum absolute atomic E-state index is 12.8. The number of rotatable bonds is 6. The third-order valence-electron chi connectivity index (χ3n) is 5.73. The molecule has 1 saturated carbocycles. The lowest BCUT2D eigenvalue weighted by atomic mass is 9.88. The predicted molar refractivity (Wildman–Crippen MR) is 122 cm³/mol. The quantitative estimate of drug-likeness (QED) is 0.474. The Morgan fingerprint density at radius 3 is 2.06 bits per heavy atom. The first kappa shape index (κ1) is 21.2. The van der Waals surface area contributed by atoms with Crippen LogP contribution in [-0.2, 0) is 4.79 Å². The molecule has 1 heterocycles. The van der Waals surface area contributed by atoms with Crippen molar-refractivity contribution < 1.29 is 19.5 Å². The number of aromatic nitrogens is 1. The lowest BCUT2D eigenvalue weighted by molar-refractivity contribution is -0.142.